The molecule has 0 fully saturated rings. The van der Waals surface area contributed by atoms with Crippen LogP contribution in [0.3, 0.4) is 0 Å². The van der Waals surface area contributed by atoms with E-state index >= 15 is 0 Å². The second-order valence-corrected chi connectivity index (χ2v) is 9.07. The molecule has 0 aliphatic carbocycles. The predicted octanol–water partition coefficient (Wildman–Crippen LogP) is 3.61. The predicted molar refractivity (Wildman–Crippen MR) is 105 cm³/mol. The van der Waals surface area contributed by atoms with Crippen molar-refractivity contribution in [3.63, 3.8) is 0 Å². The first kappa shape index (κ1) is 17.3. The topological polar surface area (TPSA) is 47.7 Å². The number of nitrogens with one attached hydrogen (secondary N) is 1. The molecule has 0 bridgehead atoms. The van der Waals surface area contributed by atoms with Crippen molar-refractivity contribution in [3.05, 3.63) is 47.7 Å². The van der Waals surface area contributed by atoms with Gasteiger partial charge in [-0.25, -0.2) is 9.67 Å². The molecule has 3 heterocycles. The van der Waals surface area contributed by atoms with Crippen LogP contribution in [-0.4, -0.2) is 25.9 Å². The lowest BCUT2D eigenvalue weighted by Crippen LogP contribution is -2.28. The Morgan fingerprint density at radius 3 is 2.65 bits per heavy atom. The fraction of sp³-hybridized carbons (Fsp3) is 0.524. The number of rotatable bonds is 3. The van der Waals surface area contributed by atoms with Crippen LogP contribution in [0, 0.1) is 0 Å². The summed E-state index contributed by atoms with van der Waals surface area (Å²) in [5, 5.41) is 9.50. The molecule has 5 heteroatoms. The van der Waals surface area contributed by atoms with Crippen LogP contribution >= 0.6 is 0 Å². The molecular formula is C21H29N5. The average Bonchev–Trinajstić information content (AvgIpc) is 3.18. The van der Waals surface area contributed by atoms with E-state index in [9.17, 15) is 0 Å². The van der Waals surface area contributed by atoms with Gasteiger partial charge in [0.15, 0.2) is 5.82 Å². The van der Waals surface area contributed by atoms with Gasteiger partial charge in [-0.15, -0.1) is 0 Å². The largest absolute Gasteiger partial charge is 0.346 e. The second kappa shape index (κ2) is 5.95. The minimum atomic E-state index is -0.131. The molecule has 0 saturated carbocycles. The fourth-order valence-electron chi connectivity index (χ4n) is 3.87. The van der Waals surface area contributed by atoms with Crippen LogP contribution in [0.1, 0.15) is 51.8 Å². The molecule has 0 spiro atoms. The summed E-state index contributed by atoms with van der Waals surface area (Å²) in [6.45, 7) is 14.8. The van der Waals surface area contributed by atoms with Crippen molar-refractivity contribution in [1.29, 1.82) is 0 Å². The van der Waals surface area contributed by atoms with Crippen LogP contribution in [0.5, 0.6) is 0 Å². The molecule has 0 amide bonds. The Morgan fingerprint density at radius 2 is 1.92 bits per heavy atom. The van der Waals surface area contributed by atoms with Crippen LogP contribution in [0.4, 0.5) is 0 Å². The third-order valence-corrected chi connectivity index (χ3v) is 5.32. The smallest absolute Gasteiger partial charge is 0.158 e. The van der Waals surface area contributed by atoms with E-state index in [1.165, 1.54) is 16.5 Å². The van der Waals surface area contributed by atoms with Crippen LogP contribution < -0.4 is 5.32 Å². The first-order valence-corrected chi connectivity index (χ1v) is 9.49. The highest BCUT2D eigenvalue weighted by Crippen LogP contribution is 2.32. The quantitative estimate of drug-likeness (QED) is 0.784. The van der Waals surface area contributed by atoms with Gasteiger partial charge in [-0.3, -0.25) is 0 Å². The van der Waals surface area contributed by atoms with E-state index in [1.807, 2.05) is 0 Å². The highest BCUT2D eigenvalue weighted by molar-refractivity contribution is 5.84. The van der Waals surface area contributed by atoms with Crippen LogP contribution in [-0.2, 0) is 30.5 Å². The lowest BCUT2D eigenvalue weighted by molar-refractivity contribution is 0.410. The molecule has 0 saturated heterocycles. The first-order chi connectivity index (χ1) is 12.3. The summed E-state index contributed by atoms with van der Waals surface area (Å²) in [4.78, 5) is 4.82. The van der Waals surface area contributed by atoms with Gasteiger partial charge in [0.2, 0.25) is 0 Å². The molecule has 1 aliphatic rings. The summed E-state index contributed by atoms with van der Waals surface area (Å²) >= 11 is 0. The maximum Gasteiger partial charge on any atom is 0.158 e. The van der Waals surface area contributed by atoms with E-state index in [4.69, 9.17) is 10.1 Å². The second-order valence-electron chi connectivity index (χ2n) is 9.07. The average molecular weight is 351 g/mol. The zero-order valence-corrected chi connectivity index (χ0v) is 16.5. The monoisotopic (exact) mass is 351 g/mol. The minimum Gasteiger partial charge on any atom is -0.346 e. The molecule has 0 unspecified atom stereocenters. The summed E-state index contributed by atoms with van der Waals surface area (Å²) in [5.74, 6) is 1.98. The first-order valence-electron chi connectivity index (χ1n) is 9.49. The van der Waals surface area contributed by atoms with Gasteiger partial charge in [0.05, 0.1) is 13.1 Å². The molecule has 5 nitrogen and oxygen atoms in total. The maximum absolute atomic E-state index is 4.82. The van der Waals surface area contributed by atoms with Crippen LogP contribution in [0.25, 0.3) is 10.9 Å². The van der Waals surface area contributed by atoms with Gasteiger partial charge in [0, 0.05) is 35.6 Å². The van der Waals surface area contributed by atoms with E-state index < -0.39 is 0 Å². The molecule has 0 radical (unpaired) electrons. The Morgan fingerprint density at radius 1 is 1.12 bits per heavy atom. The van der Waals surface area contributed by atoms with E-state index in [-0.39, 0.29) is 10.8 Å². The molecule has 4 rings (SSSR count). The lowest BCUT2D eigenvalue weighted by atomic mass is 9.85. The zero-order valence-electron chi connectivity index (χ0n) is 16.5. The van der Waals surface area contributed by atoms with E-state index in [1.54, 1.807) is 0 Å². The molecule has 0 atom stereocenters. The number of nitrogens with zero attached hydrogens (tertiary/aromatic N) is 4. The normalized spacial score (nSPS) is 15.4. The minimum absolute atomic E-state index is 0.131. The molecule has 1 N–H and O–H groups in total. The van der Waals surface area contributed by atoms with Crippen molar-refractivity contribution < 1.29 is 0 Å². The molecule has 1 aliphatic heterocycles. The highest BCUT2D eigenvalue weighted by atomic mass is 15.4. The summed E-state index contributed by atoms with van der Waals surface area (Å²) in [6, 6.07) is 8.89. The third-order valence-electron chi connectivity index (χ3n) is 5.32. The van der Waals surface area contributed by atoms with E-state index in [0.29, 0.717) is 0 Å². The van der Waals surface area contributed by atoms with Gasteiger partial charge in [-0.05, 0) is 23.1 Å². The number of fused-ring (bicyclic) bond motifs is 2. The number of hydrogen-bond acceptors (Lipinski definition) is 3. The van der Waals surface area contributed by atoms with Crippen molar-refractivity contribution in [3.8, 4) is 0 Å². The number of hydrogen-bond donors (Lipinski definition) is 1. The van der Waals surface area contributed by atoms with Gasteiger partial charge >= 0.3 is 0 Å². The maximum atomic E-state index is 4.82. The Hall–Kier alpha value is -2.14. The SMILES string of the molecule is CC(C)(C)c1cccc2c1ccn2CC(C)(C)c1nc2n(n1)CCNC2. The van der Waals surface area contributed by atoms with Crippen LogP contribution in [0.15, 0.2) is 30.5 Å². The fourth-order valence-corrected chi connectivity index (χ4v) is 3.87. The summed E-state index contributed by atoms with van der Waals surface area (Å²) in [6.07, 6.45) is 2.21. The number of benzene rings is 1. The summed E-state index contributed by atoms with van der Waals surface area (Å²) in [5.41, 5.74) is 2.69. The van der Waals surface area contributed by atoms with Crippen molar-refractivity contribution in [1.82, 2.24) is 24.6 Å². The highest BCUT2D eigenvalue weighted by Gasteiger charge is 2.29. The standard InChI is InChI=1S/C21H29N5/c1-20(2,3)16-7-6-8-17-15(16)9-11-25(17)14-21(4,5)19-23-18-13-22-10-12-26(18)24-19/h6-9,11,22H,10,12-14H2,1-5H3. The Labute approximate surface area is 155 Å². The van der Waals surface area contributed by atoms with E-state index in [2.05, 4.69) is 79.6 Å². The van der Waals surface area contributed by atoms with Crippen molar-refractivity contribution >= 4 is 10.9 Å². The van der Waals surface area contributed by atoms with Gasteiger partial charge in [0.25, 0.3) is 0 Å². The summed E-state index contributed by atoms with van der Waals surface area (Å²) < 4.78 is 4.40. The Kier molecular flexibility index (Phi) is 3.95. The molecule has 2 aromatic heterocycles. The van der Waals surface area contributed by atoms with Crippen molar-refractivity contribution in [2.75, 3.05) is 6.54 Å². The molecule has 138 valence electrons. The zero-order chi connectivity index (χ0) is 18.5. The third kappa shape index (κ3) is 2.94. The van der Waals surface area contributed by atoms with Gasteiger partial charge in [0.1, 0.15) is 5.82 Å². The van der Waals surface area contributed by atoms with Crippen LogP contribution in [0.2, 0.25) is 0 Å². The lowest BCUT2D eigenvalue weighted by Gasteiger charge is -2.23. The number of aromatic nitrogens is 4. The summed E-state index contributed by atoms with van der Waals surface area (Å²) in [7, 11) is 0. The van der Waals surface area contributed by atoms with Crippen molar-refractivity contribution in [2.24, 2.45) is 0 Å². The molecular weight excluding hydrogens is 322 g/mol. The van der Waals surface area contributed by atoms with E-state index in [0.717, 1.165) is 37.8 Å². The van der Waals surface area contributed by atoms with Gasteiger partial charge in [-0.1, -0.05) is 46.8 Å². The van der Waals surface area contributed by atoms with Gasteiger partial charge < -0.3 is 9.88 Å². The molecule has 1 aromatic carbocycles. The van der Waals surface area contributed by atoms with Crippen molar-refractivity contribution in [2.45, 2.75) is 65.1 Å². The Balaban J connectivity index is 1.69. The Bertz CT molecular complexity index is 916. The van der Waals surface area contributed by atoms with Gasteiger partial charge in [-0.2, -0.15) is 5.10 Å². The molecule has 26 heavy (non-hydrogen) atoms. The molecule has 3 aromatic rings.